The van der Waals surface area contributed by atoms with E-state index in [2.05, 4.69) is 15.5 Å². The average molecular weight is 211 g/mol. The second kappa shape index (κ2) is 3.84. The van der Waals surface area contributed by atoms with Crippen molar-refractivity contribution in [2.24, 2.45) is 0 Å². The number of aromatic amines is 1. The molecule has 1 aromatic heterocycles. The van der Waals surface area contributed by atoms with Crippen LogP contribution in [0.2, 0.25) is 0 Å². The van der Waals surface area contributed by atoms with Crippen molar-refractivity contribution in [3.63, 3.8) is 0 Å². The van der Waals surface area contributed by atoms with Gasteiger partial charge in [0, 0.05) is 11.1 Å². The van der Waals surface area contributed by atoms with Crippen LogP contribution in [0.25, 0.3) is 10.9 Å². The number of halogens is 2. The van der Waals surface area contributed by atoms with Crippen molar-refractivity contribution in [3.05, 3.63) is 24.4 Å². The summed E-state index contributed by atoms with van der Waals surface area (Å²) in [4.78, 5) is 0. The molecular weight excluding hydrogens is 200 g/mol. The highest BCUT2D eigenvalue weighted by molar-refractivity contribution is 5.81. The highest BCUT2D eigenvalue weighted by atomic mass is 19.3. The maximum Gasteiger partial charge on any atom is 0.258 e. The molecule has 0 amide bonds. The SMILES string of the molecule is CC(Nc1ccc2[nH]ncc2c1)C(F)F. The topological polar surface area (TPSA) is 40.7 Å². The molecule has 0 aliphatic carbocycles. The Balaban J connectivity index is 2.21. The molecule has 1 aromatic carbocycles. The van der Waals surface area contributed by atoms with E-state index in [4.69, 9.17) is 0 Å². The molecule has 15 heavy (non-hydrogen) atoms. The molecule has 0 spiro atoms. The van der Waals surface area contributed by atoms with E-state index in [9.17, 15) is 8.78 Å². The van der Waals surface area contributed by atoms with E-state index in [-0.39, 0.29) is 0 Å². The number of hydrogen-bond acceptors (Lipinski definition) is 2. The van der Waals surface area contributed by atoms with Gasteiger partial charge >= 0.3 is 0 Å². The van der Waals surface area contributed by atoms with E-state index in [1.807, 2.05) is 6.07 Å². The Morgan fingerprint density at radius 3 is 2.93 bits per heavy atom. The van der Waals surface area contributed by atoms with Crippen molar-refractivity contribution < 1.29 is 8.78 Å². The fraction of sp³-hybridized carbons (Fsp3) is 0.300. The lowest BCUT2D eigenvalue weighted by atomic mass is 10.2. The van der Waals surface area contributed by atoms with Crippen LogP contribution in [0.15, 0.2) is 24.4 Å². The van der Waals surface area contributed by atoms with Crippen LogP contribution in [0.1, 0.15) is 6.92 Å². The maximum atomic E-state index is 12.3. The zero-order valence-corrected chi connectivity index (χ0v) is 8.17. The molecule has 2 N–H and O–H groups in total. The summed E-state index contributed by atoms with van der Waals surface area (Å²) in [6, 6.07) is 4.49. The zero-order valence-electron chi connectivity index (χ0n) is 8.17. The van der Waals surface area contributed by atoms with Crippen molar-refractivity contribution >= 4 is 16.6 Å². The lowest BCUT2D eigenvalue weighted by Gasteiger charge is -2.13. The molecule has 0 saturated heterocycles. The first-order chi connectivity index (χ1) is 7.16. The number of H-pyrrole nitrogens is 1. The van der Waals surface area contributed by atoms with Gasteiger partial charge in [0.05, 0.1) is 17.8 Å². The molecule has 2 rings (SSSR count). The Bertz CT molecular complexity index is 453. The second-order valence-corrected chi connectivity index (χ2v) is 3.44. The van der Waals surface area contributed by atoms with Crippen molar-refractivity contribution in [1.82, 2.24) is 10.2 Å². The molecule has 2 aromatic rings. The molecule has 1 atom stereocenters. The maximum absolute atomic E-state index is 12.3. The molecule has 5 heteroatoms. The number of nitrogens with zero attached hydrogens (tertiary/aromatic N) is 1. The number of aromatic nitrogens is 2. The molecule has 3 nitrogen and oxygen atoms in total. The third kappa shape index (κ3) is 2.06. The van der Waals surface area contributed by atoms with Crippen LogP contribution in [-0.4, -0.2) is 22.7 Å². The minimum Gasteiger partial charge on any atom is -0.377 e. The summed E-state index contributed by atoms with van der Waals surface area (Å²) in [5.74, 6) is 0. The van der Waals surface area contributed by atoms with Gasteiger partial charge in [-0.2, -0.15) is 5.10 Å². The van der Waals surface area contributed by atoms with Gasteiger partial charge in [-0.1, -0.05) is 0 Å². The van der Waals surface area contributed by atoms with Crippen LogP contribution in [0.5, 0.6) is 0 Å². The van der Waals surface area contributed by atoms with Gasteiger partial charge in [0.15, 0.2) is 0 Å². The van der Waals surface area contributed by atoms with Crippen molar-refractivity contribution in [2.75, 3.05) is 5.32 Å². The Hall–Kier alpha value is -1.65. The van der Waals surface area contributed by atoms with Crippen molar-refractivity contribution in [2.45, 2.75) is 19.4 Å². The van der Waals surface area contributed by atoms with Crippen LogP contribution in [0.4, 0.5) is 14.5 Å². The first-order valence-corrected chi connectivity index (χ1v) is 4.64. The summed E-state index contributed by atoms with van der Waals surface area (Å²) < 4.78 is 24.6. The Morgan fingerprint density at radius 2 is 2.20 bits per heavy atom. The average Bonchev–Trinajstić information content (AvgIpc) is 2.64. The van der Waals surface area contributed by atoms with Gasteiger partial charge in [0.2, 0.25) is 0 Å². The molecule has 0 bridgehead atoms. The predicted molar refractivity (Wildman–Crippen MR) is 55.2 cm³/mol. The Kier molecular flexibility index (Phi) is 2.53. The fourth-order valence-corrected chi connectivity index (χ4v) is 1.36. The highest BCUT2D eigenvalue weighted by Gasteiger charge is 2.13. The summed E-state index contributed by atoms with van der Waals surface area (Å²) in [6.07, 6.45) is -0.710. The predicted octanol–water partition coefficient (Wildman–Crippen LogP) is 2.63. The largest absolute Gasteiger partial charge is 0.377 e. The first kappa shape index (κ1) is 9.89. The van der Waals surface area contributed by atoms with Crippen molar-refractivity contribution in [3.8, 4) is 0 Å². The zero-order chi connectivity index (χ0) is 10.8. The lowest BCUT2D eigenvalue weighted by molar-refractivity contribution is 0.131. The summed E-state index contributed by atoms with van der Waals surface area (Å²) in [6.45, 7) is 1.45. The molecule has 1 heterocycles. The van der Waals surface area contributed by atoms with Gasteiger partial charge in [0.1, 0.15) is 0 Å². The molecule has 0 fully saturated rings. The summed E-state index contributed by atoms with van der Waals surface area (Å²) in [7, 11) is 0. The third-order valence-corrected chi connectivity index (χ3v) is 2.21. The normalized spacial score (nSPS) is 13.3. The number of rotatable bonds is 3. The van der Waals surface area contributed by atoms with E-state index in [0.29, 0.717) is 5.69 Å². The number of alkyl halides is 2. The molecule has 0 radical (unpaired) electrons. The van der Waals surface area contributed by atoms with Crippen LogP contribution < -0.4 is 5.32 Å². The molecule has 0 aliphatic heterocycles. The molecule has 0 saturated carbocycles. The van der Waals surface area contributed by atoms with E-state index >= 15 is 0 Å². The summed E-state index contributed by atoms with van der Waals surface area (Å²) >= 11 is 0. The van der Waals surface area contributed by atoms with Gasteiger partial charge in [-0.25, -0.2) is 8.78 Å². The van der Waals surface area contributed by atoms with Crippen LogP contribution >= 0.6 is 0 Å². The summed E-state index contributed by atoms with van der Waals surface area (Å²) in [5.41, 5.74) is 1.57. The van der Waals surface area contributed by atoms with Crippen LogP contribution in [0, 0.1) is 0 Å². The second-order valence-electron chi connectivity index (χ2n) is 3.44. The van der Waals surface area contributed by atoms with Crippen LogP contribution in [0.3, 0.4) is 0 Å². The van der Waals surface area contributed by atoms with E-state index in [1.54, 1.807) is 18.3 Å². The van der Waals surface area contributed by atoms with Gasteiger partial charge in [-0.15, -0.1) is 0 Å². The van der Waals surface area contributed by atoms with Gasteiger partial charge < -0.3 is 5.32 Å². The fourth-order valence-electron chi connectivity index (χ4n) is 1.36. The number of anilines is 1. The monoisotopic (exact) mass is 211 g/mol. The summed E-state index contributed by atoms with van der Waals surface area (Å²) in [5, 5.41) is 10.3. The third-order valence-electron chi connectivity index (χ3n) is 2.21. The van der Waals surface area contributed by atoms with Gasteiger partial charge in [-0.05, 0) is 25.1 Å². The number of benzene rings is 1. The minimum atomic E-state index is -2.37. The Labute approximate surface area is 85.5 Å². The van der Waals surface area contributed by atoms with E-state index in [0.717, 1.165) is 10.9 Å². The van der Waals surface area contributed by atoms with E-state index < -0.39 is 12.5 Å². The number of fused-ring (bicyclic) bond motifs is 1. The number of nitrogens with one attached hydrogen (secondary N) is 2. The van der Waals surface area contributed by atoms with Crippen molar-refractivity contribution in [1.29, 1.82) is 0 Å². The Morgan fingerprint density at radius 1 is 1.40 bits per heavy atom. The molecule has 80 valence electrons. The van der Waals surface area contributed by atoms with Crippen LogP contribution in [-0.2, 0) is 0 Å². The highest BCUT2D eigenvalue weighted by Crippen LogP contribution is 2.18. The van der Waals surface area contributed by atoms with Gasteiger partial charge in [0.25, 0.3) is 6.43 Å². The van der Waals surface area contributed by atoms with E-state index in [1.165, 1.54) is 6.92 Å². The minimum absolute atomic E-state index is 0.678. The molecule has 1 unspecified atom stereocenters. The smallest absolute Gasteiger partial charge is 0.258 e. The quantitative estimate of drug-likeness (QED) is 0.819. The molecular formula is C10H11F2N3. The lowest BCUT2D eigenvalue weighted by Crippen LogP contribution is -2.23. The first-order valence-electron chi connectivity index (χ1n) is 4.64. The molecule has 0 aliphatic rings. The number of hydrogen-bond donors (Lipinski definition) is 2. The van der Waals surface area contributed by atoms with Gasteiger partial charge in [-0.3, -0.25) is 5.10 Å². The standard InChI is InChI=1S/C10H11F2N3/c1-6(10(11)12)14-8-2-3-9-7(4-8)5-13-15-9/h2-6,10,14H,1H3,(H,13,15).